The van der Waals surface area contributed by atoms with Crippen LogP contribution in [-0.2, 0) is 9.53 Å². The Bertz CT molecular complexity index is 304. The van der Waals surface area contributed by atoms with Crippen molar-refractivity contribution in [1.29, 1.82) is 0 Å². The maximum absolute atomic E-state index is 11.9. The molecular weight excluding hydrogens is 266 g/mol. The predicted molar refractivity (Wildman–Crippen MR) is 86.5 cm³/mol. The number of rotatable bonds is 9. The van der Waals surface area contributed by atoms with Crippen LogP contribution >= 0.6 is 0 Å². The first-order chi connectivity index (χ1) is 10.1. The van der Waals surface area contributed by atoms with Crippen molar-refractivity contribution in [3.63, 3.8) is 0 Å². The minimum Gasteiger partial charge on any atom is -0.468 e. The molecule has 5 nitrogen and oxygen atoms in total. The van der Waals surface area contributed by atoms with Gasteiger partial charge in [-0.3, -0.25) is 4.79 Å². The first kappa shape index (κ1) is 18.4. The van der Waals surface area contributed by atoms with Gasteiger partial charge in [0.05, 0.1) is 7.11 Å². The van der Waals surface area contributed by atoms with Gasteiger partial charge in [-0.2, -0.15) is 0 Å². The Labute approximate surface area is 130 Å². The zero-order valence-electron chi connectivity index (χ0n) is 14.3. The van der Waals surface area contributed by atoms with Gasteiger partial charge in [-0.25, -0.2) is 0 Å². The molecule has 1 saturated heterocycles. The quantitative estimate of drug-likeness (QED) is 0.514. The van der Waals surface area contributed by atoms with Gasteiger partial charge in [0.2, 0.25) is 0 Å². The number of nitrogens with one attached hydrogen (secondary N) is 1. The third-order valence-electron chi connectivity index (χ3n) is 4.52. The van der Waals surface area contributed by atoms with Crippen molar-refractivity contribution in [3.05, 3.63) is 0 Å². The summed E-state index contributed by atoms with van der Waals surface area (Å²) in [6, 6.07) is 0. The van der Waals surface area contributed by atoms with Crippen molar-refractivity contribution in [3.8, 4) is 0 Å². The number of carbonyl (C=O) groups is 1. The SMILES string of the molecule is CCNC(C)(CCCCN1CCN(CC)CC1)C(=O)OC. The number of piperazine rings is 1. The molecule has 21 heavy (non-hydrogen) atoms. The van der Waals surface area contributed by atoms with Crippen LogP contribution < -0.4 is 5.32 Å². The second-order valence-corrected chi connectivity index (χ2v) is 6.09. The molecule has 1 rings (SSSR count). The summed E-state index contributed by atoms with van der Waals surface area (Å²) in [5, 5.41) is 3.27. The van der Waals surface area contributed by atoms with E-state index in [4.69, 9.17) is 4.74 Å². The van der Waals surface area contributed by atoms with E-state index in [0.717, 1.165) is 38.9 Å². The highest BCUT2D eigenvalue weighted by molar-refractivity contribution is 5.80. The largest absolute Gasteiger partial charge is 0.468 e. The molecule has 0 spiro atoms. The van der Waals surface area contributed by atoms with Gasteiger partial charge >= 0.3 is 5.97 Å². The molecule has 1 heterocycles. The zero-order valence-corrected chi connectivity index (χ0v) is 14.3. The first-order valence-corrected chi connectivity index (χ1v) is 8.34. The Morgan fingerprint density at radius 2 is 1.76 bits per heavy atom. The number of hydrogen-bond acceptors (Lipinski definition) is 5. The molecule has 1 N–H and O–H groups in total. The van der Waals surface area contributed by atoms with Crippen LogP contribution in [0.3, 0.4) is 0 Å². The fourth-order valence-electron chi connectivity index (χ4n) is 3.02. The molecule has 0 saturated carbocycles. The van der Waals surface area contributed by atoms with Crippen molar-refractivity contribution in [2.45, 2.75) is 45.6 Å². The number of carbonyl (C=O) groups excluding carboxylic acids is 1. The van der Waals surface area contributed by atoms with Crippen LogP contribution in [0, 0.1) is 0 Å². The van der Waals surface area contributed by atoms with Gasteiger partial charge in [0.1, 0.15) is 5.54 Å². The molecule has 0 aromatic heterocycles. The van der Waals surface area contributed by atoms with Crippen molar-refractivity contribution < 1.29 is 9.53 Å². The lowest BCUT2D eigenvalue weighted by molar-refractivity contribution is -0.148. The molecule has 1 fully saturated rings. The van der Waals surface area contributed by atoms with Crippen LogP contribution in [0.5, 0.6) is 0 Å². The molecule has 1 aliphatic rings. The Balaban J connectivity index is 2.24. The zero-order chi connectivity index (χ0) is 15.7. The van der Waals surface area contributed by atoms with Crippen molar-refractivity contribution in [2.75, 3.05) is 52.9 Å². The number of hydrogen-bond donors (Lipinski definition) is 1. The average Bonchev–Trinajstić information content (AvgIpc) is 2.51. The number of methoxy groups -OCH3 is 1. The van der Waals surface area contributed by atoms with Gasteiger partial charge in [0, 0.05) is 26.2 Å². The van der Waals surface area contributed by atoms with Gasteiger partial charge in [-0.15, -0.1) is 0 Å². The summed E-state index contributed by atoms with van der Waals surface area (Å²) in [5.74, 6) is -0.152. The molecule has 0 aromatic rings. The molecular formula is C16H33N3O2. The van der Waals surface area contributed by atoms with E-state index in [1.54, 1.807) is 0 Å². The number of likely N-dealkylation sites (N-methyl/N-ethyl adjacent to an activating group) is 2. The maximum atomic E-state index is 11.9. The van der Waals surface area contributed by atoms with E-state index in [0.29, 0.717) is 0 Å². The molecule has 0 radical (unpaired) electrons. The van der Waals surface area contributed by atoms with Crippen LogP contribution in [0.15, 0.2) is 0 Å². The number of ether oxygens (including phenoxy) is 1. The van der Waals surface area contributed by atoms with E-state index in [1.807, 2.05) is 13.8 Å². The lowest BCUT2D eigenvalue weighted by Crippen LogP contribution is -2.50. The van der Waals surface area contributed by atoms with Crippen LogP contribution in [0.2, 0.25) is 0 Å². The van der Waals surface area contributed by atoms with Crippen molar-refractivity contribution in [2.24, 2.45) is 0 Å². The van der Waals surface area contributed by atoms with Gasteiger partial charge in [0.25, 0.3) is 0 Å². The Morgan fingerprint density at radius 1 is 1.14 bits per heavy atom. The summed E-state index contributed by atoms with van der Waals surface area (Å²) >= 11 is 0. The molecule has 1 aliphatic heterocycles. The summed E-state index contributed by atoms with van der Waals surface area (Å²) in [6.45, 7) is 14.0. The van der Waals surface area contributed by atoms with E-state index in [9.17, 15) is 4.79 Å². The Hall–Kier alpha value is -0.650. The van der Waals surface area contributed by atoms with Crippen LogP contribution in [-0.4, -0.2) is 74.2 Å². The summed E-state index contributed by atoms with van der Waals surface area (Å²) in [4.78, 5) is 16.9. The molecule has 5 heteroatoms. The summed E-state index contributed by atoms with van der Waals surface area (Å²) in [5.41, 5.74) is -0.537. The number of nitrogens with zero attached hydrogens (tertiary/aromatic N) is 2. The van der Waals surface area contributed by atoms with E-state index in [1.165, 1.54) is 33.3 Å². The van der Waals surface area contributed by atoms with E-state index in [2.05, 4.69) is 22.0 Å². The van der Waals surface area contributed by atoms with Crippen molar-refractivity contribution in [1.82, 2.24) is 15.1 Å². The Morgan fingerprint density at radius 3 is 2.29 bits per heavy atom. The second kappa shape index (κ2) is 9.38. The highest BCUT2D eigenvalue weighted by Crippen LogP contribution is 2.16. The van der Waals surface area contributed by atoms with Gasteiger partial charge < -0.3 is 19.9 Å². The monoisotopic (exact) mass is 299 g/mol. The minimum absolute atomic E-state index is 0.152. The lowest BCUT2D eigenvalue weighted by atomic mass is 9.94. The predicted octanol–water partition coefficient (Wildman–Crippen LogP) is 1.34. The molecule has 0 aromatic carbocycles. The van der Waals surface area contributed by atoms with Gasteiger partial charge in [-0.1, -0.05) is 13.8 Å². The fraction of sp³-hybridized carbons (Fsp3) is 0.938. The summed E-state index contributed by atoms with van der Waals surface area (Å²) < 4.78 is 4.92. The third kappa shape index (κ3) is 5.93. The number of unbranched alkanes of at least 4 members (excludes halogenated alkanes) is 1. The average molecular weight is 299 g/mol. The third-order valence-corrected chi connectivity index (χ3v) is 4.52. The topological polar surface area (TPSA) is 44.8 Å². The normalized spacial score (nSPS) is 20.2. The molecule has 124 valence electrons. The Kier molecular flexibility index (Phi) is 8.22. The van der Waals surface area contributed by atoms with Crippen LogP contribution in [0.4, 0.5) is 0 Å². The molecule has 1 atom stereocenters. The van der Waals surface area contributed by atoms with Crippen LogP contribution in [0.25, 0.3) is 0 Å². The second-order valence-electron chi connectivity index (χ2n) is 6.09. The molecule has 1 unspecified atom stereocenters. The highest BCUT2D eigenvalue weighted by atomic mass is 16.5. The highest BCUT2D eigenvalue weighted by Gasteiger charge is 2.32. The van der Waals surface area contributed by atoms with Crippen molar-refractivity contribution >= 4 is 5.97 Å². The lowest BCUT2D eigenvalue weighted by Gasteiger charge is -2.34. The number of esters is 1. The van der Waals surface area contributed by atoms with Gasteiger partial charge in [-0.05, 0) is 45.8 Å². The van der Waals surface area contributed by atoms with E-state index in [-0.39, 0.29) is 5.97 Å². The van der Waals surface area contributed by atoms with E-state index < -0.39 is 5.54 Å². The standard InChI is InChI=1S/C16H33N3O2/c1-5-17-16(3,15(20)21-4)9-7-8-10-19-13-11-18(6-2)12-14-19/h17H,5-14H2,1-4H3. The van der Waals surface area contributed by atoms with E-state index >= 15 is 0 Å². The minimum atomic E-state index is -0.537. The fourth-order valence-corrected chi connectivity index (χ4v) is 3.02. The molecule has 0 bridgehead atoms. The smallest absolute Gasteiger partial charge is 0.325 e. The summed E-state index contributed by atoms with van der Waals surface area (Å²) in [7, 11) is 1.46. The molecule has 0 aliphatic carbocycles. The summed E-state index contributed by atoms with van der Waals surface area (Å²) in [6.07, 6.45) is 3.03. The van der Waals surface area contributed by atoms with Crippen LogP contribution in [0.1, 0.15) is 40.0 Å². The molecule has 0 amide bonds. The maximum Gasteiger partial charge on any atom is 0.325 e. The first-order valence-electron chi connectivity index (χ1n) is 8.34. The van der Waals surface area contributed by atoms with Gasteiger partial charge in [0.15, 0.2) is 0 Å².